The molecule has 3 N–H and O–H groups in total. The highest BCUT2D eigenvalue weighted by Gasteiger charge is 2.39. The molecule has 7 nitrogen and oxygen atoms in total. The summed E-state index contributed by atoms with van der Waals surface area (Å²) >= 11 is 6.01. The van der Waals surface area contributed by atoms with Crippen LogP contribution in [0, 0.1) is 0 Å². The topological polar surface area (TPSA) is 94.3 Å². The van der Waals surface area contributed by atoms with Crippen molar-refractivity contribution in [1.82, 2.24) is 4.90 Å². The number of hydrogen-bond donors (Lipinski definition) is 2. The van der Waals surface area contributed by atoms with Gasteiger partial charge in [0, 0.05) is 24.7 Å². The lowest BCUT2D eigenvalue weighted by Crippen LogP contribution is -2.56. The Kier molecular flexibility index (Phi) is 6.84. The molecule has 0 saturated carbocycles. The highest BCUT2D eigenvalue weighted by molar-refractivity contribution is 6.30. The molecule has 1 fully saturated rings. The zero-order valence-corrected chi connectivity index (χ0v) is 17.0. The second kappa shape index (κ2) is 9.35. The van der Waals surface area contributed by atoms with E-state index in [9.17, 15) is 9.90 Å². The van der Waals surface area contributed by atoms with Gasteiger partial charge in [0.1, 0.15) is 18.0 Å². The zero-order chi connectivity index (χ0) is 20.9. The first-order chi connectivity index (χ1) is 13.9. The molecule has 0 aliphatic carbocycles. The number of carbonyl (C=O) groups is 1. The quantitative estimate of drug-likeness (QED) is 0.681. The second-order valence-electron chi connectivity index (χ2n) is 7.14. The third-order valence-electron chi connectivity index (χ3n) is 4.77. The van der Waals surface area contributed by atoms with Crippen LogP contribution in [-0.4, -0.2) is 54.9 Å². The van der Waals surface area contributed by atoms with Crippen molar-refractivity contribution < 1.29 is 24.1 Å². The van der Waals surface area contributed by atoms with Crippen LogP contribution < -0.4 is 15.2 Å². The third-order valence-corrected chi connectivity index (χ3v) is 5.01. The molecule has 8 heteroatoms. The molecule has 1 aliphatic rings. The number of aromatic hydroxyl groups is 1. The Morgan fingerprint density at radius 3 is 2.86 bits per heavy atom. The summed E-state index contributed by atoms with van der Waals surface area (Å²) in [5.41, 5.74) is 5.56. The van der Waals surface area contributed by atoms with E-state index in [0.29, 0.717) is 42.8 Å². The van der Waals surface area contributed by atoms with E-state index in [0.717, 1.165) is 5.56 Å². The van der Waals surface area contributed by atoms with Crippen LogP contribution in [0.25, 0.3) is 0 Å². The van der Waals surface area contributed by atoms with Gasteiger partial charge in [-0.1, -0.05) is 23.7 Å². The zero-order valence-electron chi connectivity index (χ0n) is 16.3. The summed E-state index contributed by atoms with van der Waals surface area (Å²) in [6, 6.07) is 12.4. The van der Waals surface area contributed by atoms with E-state index >= 15 is 0 Å². The van der Waals surface area contributed by atoms with Gasteiger partial charge in [-0.15, -0.1) is 0 Å². The maximum Gasteiger partial charge on any atom is 0.220 e. The first-order valence-corrected chi connectivity index (χ1v) is 9.66. The minimum absolute atomic E-state index is 0.0396. The molecule has 0 radical (unpaired) electrons. The summed E-state index contributed by atoms with van der Waals surface area (Å²) in [6.07, 6.45) is 0.0396. The monoisotopic (exact) mass is 420 g/mol. The van der Waals surface area contributed by atoms with Crippen LogP contribution >= 0.6 is 11.6 Å². The van der Waals surface area contributed by atoms with Crippen molar-refractivity contribution in [2.75, 3.05) is 33.4 Å². The molecule has 1 amide bonds. The van der Waals surface area contributed by atoms with E-state index in [4.69, 9.17) is 31.5 Å². The summed E-state index contributed by atoms with van der Waals surface area (Å²) in [6.45, 7) is 2.33. The number of phenols is 1. The molecule has 2 aromatic carbocycles. The van der Waals surface area contributed by atoms with Crippen molar-refractivity contribution in [2.45, 2.75) is 18.6 Å². The number of nitrogens with two attached hydrogens (primary N) is 1. The molecule has 1 saturated heterocycles. The Bertz CT molecular complexity index is 863. The Morgan fingerprint density at radius 2 is 2.17 bits per heavy atom. The SMILES string of the molecule is COc1ccc(CN2CCOC(COc3cccc(Cl)c3)(CC(N)=O)C2)cc1O. The average Bonchev–Trinajstić information content (AvgIpc) is 2.66. The molecule has 1 unspecified atom stereocenters. The molecule has 1 aliphatic heterocycles. The number of ether oxygens (including phenoxy) is 3. The van der Waals surface area contributed by atoms with Crippen LogP contribution in [0.1, 0.15) is 12.0 Å². The predicted octanol–water partition coefficient (Wildman–Crippen LogP) is 2.58. The van der Waals surface area contributed by atoms with Gasteiger partial charge in [0.15, 0.2) is 11.5 Å². The van der Waals surface area contributed by atoms with Crippen molar-refractivity contribution in [1.29, 1.82) is 0 Å². The molecule has 1 heterocycles. The second-order valence-corrected chi connectivity index (χ2v) is 7.57. The summed E-state index contributed by atoms with van der Waals surface area (Å²) in [5.74, 6) is 0.658. The smallest absolute Gasteiger partial charge is 0.220 e. The van der Waals surface area contributed by atoms with Crippen molar-refractivity contribution >= 4 is 17.5 Å². The van der Waals surface area contributed by atoms with Gasteiger partial charge in [0.2, 0.25) is 5.91 Å². The lowest BCUT2D eigenvalue weighted by atomic mass is 9.97. The first kappa shape index (κ1) is 21.2. The van der Waals surface area contributed by atoms with Crippen molar-refractivity contribution in [3.63, 3.8) is 0 Å². The Hall–Kier alpha value is -2.48. The number of phenolic OH excluding ortho intramolecular Hbond substituents is 1. The minimum atomic E-state index is -0.860. The number of nitrogens with zero attached hydrogens (tertiary/aromatic N) is 1. The molecule has 0 spiro atoms. The number of halogens is 1. The van der Waals surface area contributed by atoms with Crippen LogP contribution in [0.2, 0.25) is 5.02 Å². The van der Waals surface area contributed by atoms with Crippen LogP contribution in [0.3, 0.4) is 0 Å². The number of amides is 1. The molecular formula is C21H25ClN2O5. The highest BCUT2D eigenvalue weighted by atomic mass is 35.5. The number of rotatable bonds is 8. The summed E-state index contributed by atoms with van der Waals surface area (Å²) in [5, 5.41) is 10.6. The number of morpholine rings is 1. The summed E-state index contributed by atoms with van der Waals surface area (Å²) in [4.78, 5) is 13.9. The molecule has 3 rings (SSSR count). The number of hydrogen-bond acceptors (Lipinski definition) is 6. The largest absolute Gasteiger partial charge is 0.504 e. The fraction of sp³-hybridized carbons (Fsp3) is 0.381. The normalized spacial score (nSPS) is 19.7. The van der Waals surface area contributed by atoms with Crippen LogP contribution in [0.4, 0.5) is 0 Å². The number of benzene rings is 2. The van der Waals surface area contributed by atoms with Crippen molar-refractivity contribution in [3.8, 4) is 17.2 Å². The van der Waals surface area contributed by atoms with E-state index in [1.165, 1.54) is 7.11 Å². The van der Waals surface area contributed by atoms with Crippen molar-refractivity contribution in [3.05, 3.63) is 53.1 Å². The van der Waals surface area contributed by atoms with Gasteiger partial charge in [0.05, 0.1) is 20.1 Å². The van der Waals surface area contributed by atoms with Gasteiger partial charge in [0.25, 0.3) is 0 Å². The minimum Gasteiger partial charge on any atom is -0.504 e. The molecule has 1 atom stereocenters. The molecule has 29 heavy (non-hydrogen) atoms. The Morgan fingerprint density at radius 1 is 1.34 bits per heavy atom. The summed E-state index contributed by atoms with van der Waals surface area (Å²) < 4.78 is 17.0. The van der Waals surface area contributed by atoms with Gasteiger partial charge < -0.3 is 25.1 Å². The van der Waals surface area contributed by atoms with E-state index < -0.39 is 11.5 Å². The Balaban J connectivity index is 1.71. The standard InChI is InChI=1S/C21H25ClN2O5/c1-27-19-6-5-15(9-18(19)25)12-24-7-8-29-21(13-24,11-20(23)26)14-28-17-4-2-3-16(22)10-17/h2-6,9-10,25H,7-8,11-14H2,1H3,(H2,23,26). The molecule has 2 aromatic rings. The highest BCUT2D eigenvalue weighted by Crippen LogP contribution is 2.29. The predicted molar refractivity (Wildman–Crippen MR) is 109 cm³/mol. The van der Waals surface area contributed by atoms with Gasteiger partial charge in [-0.3, -0.25) is 9.69 Å². The van der Waals surface area contributed by atoms with E-state index in [1.54, 1.807) is 36.4 Å². The molecule has 156 valence electrons. The maximum atomic E-state index is 11.7. The fourth-order valence-electron chi connectivity index (χ4n) is 3.48. The fourth-order valence-corrected chi connectivity index (χ4v) is 3.67. The maximum absolute atomic E-state index is 11.7. The van der Waals surface area contributed by atoms with E-state index in [1.807, 2.05) is 6.07 Å². The third kappa shape index (κ3) is 5.76. The number of methoxy groups -OCH3 is 1. The van der Waals surface area contributed by atoms with Gasteiger partial charge in [-0.05, 0) is 35.9 Å². The van der Waals surface area contributed by atoms with E-state index in [-0.39, 0.29) is 18.8 Å². The van der Waals surface area contributed by atoms with Crippen LogP contribution in [-0.2, 0) is 16.1 Å². The number of primary amides is 1. The Labute approximate surface area is 174 Å². The van der Waals surface area contributed by atoms with Gasteiger partial charge >= 0.3 is 0 Å². The lowest BCUT2D eigenvalue weighted by Gasteiger charge is -2.42. The van der Waals surface area contributed by atoms with Crippen molar-refractivity contribution in [2.24, 2.45) is 5.73 Å². The van der Waals surface area contributed by atoms with Gasteiger partial charge in [-0.25, -0.2) is 0 Å². The molecular weight excluding hydrogens is 396 g/mol. The lowest BCUT2D eigenvalue weighted by molar-refractivity contribution is -0.148. The molecule has 0 aromatic heterocycles. The van der Waals surface area contributed by atoms with Gasteiger partial charge in [-0.2, -0.15) is 0 Å². The van der Waals surface area contributed by atoms with Crippen LogP contribution in [0.5, 0.6) is 17.2 Å². The first-order valence-electron chi connectivity index (χ1n) is 9.28. The van der Waals surface area contributed by atoms with Crippen LogP contribution in [0.15, 0.2) is 42.5 Å². The molecule has 0 bridgehead atoms. The summed E-state index contributed by atoms with van der Waals surface area (Å²) in [7, 11) is 1.51. The van der Waals surface area contributed by atoms with E-state index in [2.05, 4.69) is 4.90 Å². The average molecular weight is 421 g/mol. The number of carbonyl (C=O) groups excluding carboxylic acids is 1.